The SMILES string of the molecule is CCOC(=O)C1CCCN(C[C@H]2O[C@@H](c3ccc(Cl)c(Cc4ccc(OCC)cc4)c3)C[C@@H](O)[C@@H]2O)C1. The highest BCUT2D eigenvalue weighted by Gasteiger charge is 2.39. The van der Waals surface area contributed by atoms with Gasteiger partial charge in [-0.1, -0.05) is 35.9 Å². The highest BCUT2D eigenvalue weighted by atomic mass is 35.5. The second-order valence-electron chi connectivity index (χ2n) is 9.91. The number of likely N-dealkylation sites (tertiary alicyclic amines) is 1. The van der Waals surface area contributed by atoms with E-state index in [1.807, 2.05) is 56.3 Å². The molecule has 37 heavy (non-hydrogen) atoms. The number of rotatable bonds is 9. The summed E-state index contributed by atoms with van der Waals surface area (Å²) in [6.07, 6.45) is -0.197. The summed E-state index contributed by atoms with van der Waals surface area (Å²) < 4.78 is 17.1. The predicted octanol–water partition coefficient (Wildman–Crippen LogP) is 4.16. The first-order chi connectivity index (χ1) is 17.9. The fourth-order valence-corrected chi connectivity index (χ4v) is 5.45. The van der Waals surface area contributed by atoms with Crippen LogP contribution < -0.4 is 4.74 Å². The lowest BCUT2D eigenvalue weighted by atomic mass is 9.91. The van der Waals surface area contributed by atoms with Gasteiger partial charge in [0.1, 0.15) is 11.9 Å². The lowest BCUT2D eigenvalue weighted by Crippen LogP contribution is -2.52. The van der Waals surface area contributed by atoms with E-state index in [4.69, 9.17) is 25.8 Å². The topological polar surface area (TPSA) is 88.5 Å². The fraction of sp³-hybridized carbons (Fsp3) is 0.552. The standard InChI is InChI=1S/C29H38ClNO6/c1-3-35-23-10-7-19(8-11-23)14-22-15-20(9-12-24(22)30)26-16-25(32)28(33)27(37-26)18-31-13-5-6-21(17-31)29(34)36-4-2/h7-12,15,21,25-28,32-33H,3-6,13-14,16-18H2,1-2H3/t21?,25-,26-,27-,28+/m1/s1. The van der Waals surface area contributed by atoms with Crippen LogP contribution in [0.25, 0.3) is 0 Å². The van der Waals surface area contributed by atoms with Crippen LogP contribution in [0.15, 0.2) is 42.5 Å². The molecule has 2 aromatic carbocycles. The van der Waals surface area contributed by atoms with Gasteiger partial charge in [-0.15, -0.1) is 0 Å². The van der Waals surface area contributed by atoms with Crippen molar-refractivity contribution in [1.29, 1.82) is 0 Å². The Labute approximate surface area is 224 Å². The van der Waals surface area contributed by atoms with Gasteiger partial charge in [-0.3, -0.25) is 9.69 Å². The second kappa shape index (κ2) is 13.1. The summed E-state index contributed by atoms with van der Waals surface area (Å²) in [5.41, 5.74) is 3.00. The molecule has 0 saturated carbocycles. The number of halogens is 1. The van der Waals surface area contributed by atoms with Crippen LogP contribution in [0.5, 0.6) is 5.75 Å². The Hall–Kier alpha value is -2.16. The van der Waals surface area contributed by atoms with Crippen molar-refractivity contribution in [2.24, 2.45) is 5.92 Å². The van der Waals surface area contributed by atoms with Crippen molar-refractivity contribution < 1.29 is 29.2 Å². The van der Waals surface area contributed by atoms with Crippen LogP contribution in [0.1, 0.15) is 55.9 Å². The normalized spacial score (nSPS) is 26.6. The first-order valence-corrected chi connectivity index (χ1v) is 13.7. The van der Waals surface area contributed by atoms with Crippen LogP contribution in [0.4, 0.5) is 0 Å². The van der Waals surface area contributed by atoms with E-state index < -0.39 is 18.3 Å². The van der Waals surface area contributed by atoms with Crippen molar-refractivity contribution in [2.75, 3.05) is 32.8 Å². The number of nitrogens with zero attached hydrogens (tertiary/aromatic N) is 1. The smallest absolute Gasteiger partial charge is 0.310 e. The minimum atomic E-state index is -0.991. The first-order valence-electron chi connectivity index (χ1n) is 13.3. The van der Waals surface area contributed by atoms with Gasteiger partial charge >= 0.3 is 5.97 Å². The molecule has 2 aliphatic heterocycles. The molecule has 4 rings (SSSR count). The molecule has 2 aliphatic rings. The maximum Gasteiger partial charge on any atom is 0.310 e. The Bertz CT molecular complexity index is 1030. The van der Waals surface area contributed by atoms with E-state index in [0.29, 0.717) is 44.2 Å². The molecule has 2 fully saturated rings. The molecule has 0 spiro atoms. The largest absolute Gasteiger partial charge is 0.494 e. The number of aliphatic hydroxyl groups is 2. The maximum absolute atomic E-state index is 12.2. The average Bonchev–Trinajstić information content (AvgIpc) is 2.89. The van der Waals surface area contributed by atoms with Gasteiger partial charge in [-0.25, -0.2) is 0 Å². The molecule has 2 aromatic rings. The molecular formula is C29H38ClNO6. The van der Waals surface area contributed by atoms with Crippen LogP contribution in [-0.4, -0.2) is 72.2 Å². The predicted molar refractivity (Wildman–Crippen MR) is 142 cm³/mol. The van der Waals surface area contributed by atoms with Crippen LogP contribution in [0.3, 0.4) is 0 Å². The van der Waals surface area contributed by atoms with Crippen molar-refractivity contribution in [3.8, 4) is 5.75 Å². The third-order valence-electron chi connectivity index (χ3n) is 7.20. The zero-order valence-electron chi connectivity index (χ0n) is 21.6. The van der Waals surface area contributed by atoms with Gasteiger partial charge in [0.2, 0.25) is 0 Å². The molecule has 0 aromatic heterocycles. The van der Waals surface area contributed by atoms with E-state index >= 15 is 0 Å². The molecule has 5 atom stereocenters. The number of carbonyl (C=O) groups is 1. The van der Waals surface area contributed by atoms with E-state index in [9.17, 15) is 15.0 Å². The number of benzene rings is 2. The van der Waals surface area contributed by atoms with Gasteiger partial charge in [0.05, 0.1) is 37.4 Å². The lowest BCUT2D eigenvalue weighted by molar-refractivity contribution is -0.178. The monoisotopic (exact) mass is 531 g/mol. The van der Waals surface area contributed by atoms with E-state index in [1.54, 1.807) is 0 Å². The van der Waals surface area contributed by atoms with Crippen molar-refractivity contribution in [1.82, 2.24) is 4.90 Å². The van der Waals surface area contributed by atoms with Gasteiger partial charge < -0.3 is 24.4 Å². The van der Waals surface area contributed by atoms with Crippen molar-refractivity contribution in [3.63, 3.8) is 0 Å². The number of hydrogen-bond acceptors (Lipinski definition) is 7. The van der Waals surface area contributed by atoms with Crippen LogP contribution in [0.2, 0.25) is 5.02 Å². The number of ether oxygens (including phenoxy) is 3. The quantitative estimate of drug-likeness (QED) is 0.470. The molecular weight excluding hydrogens is 494 g/mol. The van der Waals surface area contributed by atoms with Crippen molar-refractivity contribution in [3.05, 3.63) is 64.2 Å². The Morgan fingerprint density at radius 1 is 1.14 bits per heavy atom. The minimum Gasteiger partial charge on any atom is -0.494 e. The third-order valence-corrected chi connectivity index (χ3v) is 7.57. The Morgan fingerprint density at radius 2 is 1.92 bits per heavy atom. The summed E-state index contributed by atoms with van der Waals surface area (Å²) in [4.78, 5) is 14.4. The molecule has 2 N–H and O–H groups in total. The minimum absolute atomic E-state index is 0.170. The lowest BCUT2D eigenvalue weighted by Gasteiger charge is -2.41. The summed E-state index contributed by atoms with van der Waals surface area (Å²) in [6, 6.07) is 13.8. The molecule has 0 bridgehead atoms. The highest BCUT2D eigenvalue weighted by Crippen LogP contribution is 2.35. The van der Waals surface area contributed by atoms with E-state index in [1.165, 1.54) is 0 Å². The molecule has 0 amide bonds. The molecule has 8 heteroatoms. The summed E-state index contributed by atoms with van der Waals surface area (Å²) in [5.74, 6) is 0.496. The fourth-order valence-electron chi connectivity index (χ4n) is 5.27. The summed E-state index contributed by atoms with van der Waals surface area (Å²) >= 11 is 6.54. The molecule has 0 radical (unpaired) electrons. The molecule has 7 nitrogen and oxygen atoms in total. The van der Waals surface area contributed by atoms with Crippen LogP contribution >= 0.6 is 11.6 Å². The summed E-state index contributed by atoms with van der Waals surface area (Å²) in [7, 11) is 0. The zero-order valence-corrected chi connectivity index (χ0v) is 22.4. The molecule has 202 valence electrons. The number of hydrogen-bond donors (Lipinski definition) is 2. The number of esters is 1. The summed E-state index contributed by atoms with van der Waals surface area (Å²) in [6.45, 7) is 6.59. The van der Waals surface area contributed by atoms with Crippen LogP contribution in [-0.2, 0) is 20.7 Å². The van der Waals surface area contributed by atoms with Gasteiger partial charge in [-0.05, 0) is 74.5 Å². The second-order valence-corrected chi connectivity index (χ2v) is 10.3. The van der Waals surface area contributed by atoms with Crippen molar-refractivity contribution >= 4 is 17.6 Å². The summed E-state index contributed by atoms with van der Waals surface area (Å²) in [5, 5.41) is 22.1. The Morgan fingerprint density at radius 3 is 2.65 bits per heavy atom. The highest BCUT2D eigenvalue weighted by molar-refractivity contribution is 6.31. The van der Waals surface area contributed by atoms with Gasteiger partial charge in [0.15, 0.2) is 0 Å². The number of aliphatic hydroxyl groups excluding tert-OH is 2. The maximum atomic E-state index is 12.2. The van der Waals surface area contributed by atoms with Crippen molar-refractivity contribution in [2.45, 2.75) is 63.9 Å². The molecule has 0 aliphatic carbocycles. The number of piperidine rings is 1. The van der Waals surface area contributed by atoms with Crippen LogP contribution in [0, 0.1) is 5.92 Å². The van der Waals surface area contributed by atoms with E-state index in [2.05, 4.69) is 4.90 Å². The zero-order chi connectivity index (χ0) is 26.4. The Kier molecular flexibility index (Phi) is 9.84. The number of carbonyl (C=O) groups excluding carboxylic acids is 1. The molecule has 2 heterocycles. The molecule has 2 saturated heterocycles. The third kappa shape index (κ3) is 7.24. The van der Waals surface area contributed by atoms with Gasteiger partial charge in [0, 0.05) is 24.5 Å². The van der Waals surface area contributed by atoms with E-state index in [0.717, 1.165) is 41.8 Å². The van der Waals surface area contributed by atoms with Gasteiger partial charge in [0.25, 0.3) is 0 Å². The van der Waals surface area contributed by atoms with Gasteiger partial charge in [-0.2, -0.15) is 0 Å². The Balaban J connectivity index is 1.44. The van der Waals surface area contributed by atoms with E-state index in [-0.39, 0.29) is 18.0 Å². The average molecular weight is 532 g/mol. The first kappa shape index (κ1) is 27.9. The molecule has 1 unspecified atom stereocenters.